The van der Waals surface area contributed by atoms with Crippen molar-refractivity contribution in [3.63, 3.8) is 0 Å². The second-order valence-corrected chi connectivity index (χ2v) is 6.73. The van der Waals surface area contributed by atoms with Crippen LogP contribution in [0.15, 0.2) is 18.2 Å². The molecule has 3 unspecified atom stereocenters. The Hall–Kier alpha value is -0.820. The van der Waals surface area contributed by atoms with Crippen LogP contribution in [-0.4, -0.2) is 6.04 Å². The molecule has 0 aromatic heterocycles. The van der Waals surface area contributed by atoms with Gasteiger partial charge in [-0.15, -0.1) is 0 Å². The molecule has 0 amide bonds. The fourth-order valence-corrected chi connectivity index (χ4v) is 3.71. The molecular weight excluding hydrogens is 242 g/mol. The molecule has 0 radical (unpaired) electrons. The van der Waals surface area contributed by atoms with Gasteiger partial charge in [-0.3, -0.25) is 0 Å². The van der Waals surface area contributed by atoms with E-state index in [1.165, 1.54) is 55.2 Å². The Morgan fingerprint density at radius 3 is 2.65 bits per heavy atom. The summed E-state index contributed by atoms with van der Waals surface area (Å²) in [6.45, 7) is 9.07. The standard InChI is InChI=1S/C19H31N/c1-5-17-7-6-8-18(11-10-17)20-16(4)19-12-9-14(2)13-15(19)3/h9,12-13,16-18,20H,5-8,10-11H2,1-4H3. The molecule has 1 saturated carbocycles. The molecule has 1 aliphatic carbocycles. The number of hydrogen-bond acceptors (Lipinski definition) is 1. The van der Waals surface area contributed by atoms with Crippen molar-refractivity contribution in [2.24, 2.45) is 5.92 Å². The van der Waals surface area contributed by atoms with Gasteiger partial charge >= 0.3 is 0 Å². The van der Waals surface area contributed by atoms with Crippen LogP contribution in [0.1, 0.15) is 75.1 Å². The Bertz CT molecular complexity index is 424. The van der Waals surface area contributed by atoms with E-state index >= 15 is 0 Å². The third-order valence-corrected chi connectivity index (χ3v) is 5.04. The highest BCUT2D eigenvalue weighted by atomic mass is 14.9. The molecular formula is C19H31N. The van der Waals surface area contributed by atoms with Gasteiger partial charge < -0.3 is 5.32 Å². The van der Waals surface area contributed by atoms with Crippen molar-refractivity contribution in [3.05, 3.63) is 34.9 Å². The molecule has 20 heavy (non-hydrogen) atoms. The van der Waals surface area contributed by atoms with E-state index in [1.54, 1.807) is 0 Å². The predicted molar refractivity (Wildman–Crippen MR) is 88.1 cm³/mol. The maximum Gasteiger partial charge on any atom is 0.0296 e. The van der Waals surface area contributed by atoms with Crippen molar-refractivity contribution >= 4 is 0 Å². The van der Waals surface area contributed by atoms with Gasteiger partial charge in [-0.2, -0.15) is 0 Å². The quantitative estimate of drug-likeness (QED) is 0.733. The average Bonchev–Trinajstić information content (AvgIpc) is 2.63. The van der Waals surface area contributed by atoms with Crippen molar-refractivity contribution in [1.29, 1.82) is 0 Å². The van der Waals surface area contributed by atoms with Crippen LogP contribution in [-0.2, 0) is 0 Å². The van der Waals surface area contributed by atoms with Crippen LogP contribution in [0, 0.1) is 19.8 Å². The number of aryl methyl sites for hydroxylation is 2. The third-order valence-electron chi connectivity index (χ3n) is 5.04. The molecule has 3 atom stereocenters. The van der Waals surface area contributed by atoms with Gasteiger partial charge in [0.15, 0.2) is 0 Å². The highest BCUT2D eigenvalue weighted by Crippen LogP contribution is 2.27. The van der Waals surface area contributed by atoms with Crippen molar-refractivity contribution < 1.29 is 0 Å². The van der Waals surface area contributed by atoms with Crippen LogP contribution >= 0.6 is 0 Å². The second-order valence-electron chi connectivity index (χ2n) is 6.73. The molecule has 2 rings (SSSR count). The summed E-state index contributed by atoms with van der Waals surface area (Å²) in [4.78, 5) is 0. The van der Waals surface area contributed by atoms with Crippen molar-refractivity contribution in [2.45, 2.75) is 78.3 Å². The van der Waals surface area contributed by atoms with E-state index in [1.807, 2.05) is 0 Å². The van der Waals surface area contributed by atoms with Crippen LogP contribution in [0.3, 0.4) is 0 Å². The zero-order valence-corrected chi connectivity index (χ0v) is 13.7. The molecule has 1 aliphatic rings. The van der Waals surface area contributed by atoms with Crippen LogP contribution < -0.4 is 5.32 Å². The van der Waals surface area contributed by atoms with E-state index in [4.69, 9.17) is 0 Å². The van der Waals surface area contributed by atoms with Gasteiger partial charge in [0.2, 0.25) is 0 Å². The molecule has 1 fully saturated rings. The fourth-order valence-electron chi connectivity index (χ4n) is 3.71. The highest BCUT2D eigenvalue weighted by Gasteiger charge is 2.20. The molecule has 0 heterocycles. The van der Waals surface area contributed by atoms with Gasteiger partial charge in [-0.05, 0) is 57.1 Å². The summed E-state index contributed by atoms with van der Waals surface area (Å²) in [6, 6.07) is 8.02. The van der Waals surface area contributed by atoms with Crippen LogP contribution in [0.5, 0.6) is 0 Å². The van der Waals surface area contributed by atoms with Crippen molar-refractivity contribution in [2.75, 3.05) is 0 Å². The molecule has 112 valence electrons. The number of benzene rings is 1. The minimum Gasteiger partial charge on any atom is -0.307 e. The lowest BCUT2D eigenvalue weighted by Crippen LogP contribution is -2.31. The van der Waals surface area contributed by atoms with Crippen LogP contribution in [0.4, 0.5) is 0 Å². The molecule has 1 aromatic carbocycles. The summed E-state index contributed by atoms with van der Waals surface area (Å²) < 4.78 is 0. The minimum atomic E-state index is 0.471. The Kier molecular flexibility index (Phi) is 5.65. The summed E-state index contributed by atoms with van der Waals surface area (Å²) in [7, 11) is 0. The summed E-state index contributed by atoms with van der Waals surface area (Å²) >= 11 is 0. The lowest BCUT2D eigenvalue weighted by Gasteiger charge is -2.24. The van der Waals surface area contributed by atoms with Gasteiger partial charge in [-0.1, -0.05) is 49.9 Å². The lowest BCUT2D eigenvalue weighted by molar-refractivity contribution is 0.399. The molecule has 0 spiro atoms. The largest absolute Gasteiger partial charge is 0.307 e. The molecule has 0 aliphatic heterocycles. The lowest BCUT2D eigenvalue weighted by atomic mass is 9.97. The Morgan fingerprint density at radius 1 is 1.15 bits per heavy atom. The first-order valence-corrected chi connectivity index (χ1v) is 8.43. The highest BCUT2D eigenvalue weighted by molar-refractivity contribution is 5.32. The van der Waals surface area contributed by atoms with Gasteiger partial charge in [0, 0.05) is 12.1 Å². The van der Waals surface area contributed by atoms with Gasteiger partial charge in [0.25, 0.3) is 0 Å². The minimum absolute atomic E-state index is 0.471. The number of nitrogens with one attached hydrogen (secondary N) is 1. The Morgan fingerprint density at radius 2 is 1.95 bits per heavy atom. The normalized spacial score (nSPS) is 25.2. The molecule has 0 bridgehead atoms. The summed E-state index contributed by atoms with van der Waals surface area (Å²) in [5, 5.41) is 3.88. The molecule has 1 aromatic rings. The van der Waals surface area contributed by atoms with Crippen molar-refractivity contribution in [1.82, 2.24) is 5.32 Å². The maximum atomic E-state index is 3.88. The van der Waals surface area contributed by atoms with E-state index < -0.39 is 0 Å². The van der Waals surface area contributed by atoms with Crippen LogP contribution in [0.2, 0.25) is 0 Å². The maximum absolute atomic E-state index is 3.88. The first-order chi connectivity index (χ1) is 9.60. The zero-order valence-electron chi connectivity index (χ0n) is 13.7. The smallest absolute Gasteiger partial charge is 0.0296 e. The van der Waals surface area contributed by atoms with E-state index in [2.05, 4.69) is 51.2 Å². The van der Waals surface area contributed by atoms with Crippen molar-refractivity contribution in [3.8, 4) is 0 Å². The van der Waals surface area contributed by atoms with E-state index in [9.17, 15) is 0 Å². The first-order valence-electron chi connectivity index (χ1n) is 8.43. The Balaban J connectivity index is 1.95. The molecule has 0 saturated heterocycles. The first kappa shape index (κ1) is 15.6. The van der Waals surface area contributed by atoms with E-state index in [0.29, 0.717) is 12.1 Å². The van der Waals surface area contributed by atoms with Gasteiger partial charge in [-0.25, -0.2) is 0 Å². The summed E-state index contributed by atoms with van der Waals surface area (Å²) in [5.41, 5.74) is 4.25. The third kappa shape index (κ3) is 4.09. The summed E-state index contributed by atoms with van der Waals surface area (Å²) in [6.07, 6.45) is 8.31. The second kappa shape index (κ2) is 7.26. The molecule has 1 N–H and O–H groups in total. The number of hydrogen-bond donors (Lipinski definition) is 1. The monoisotopic (exact) mass is 273 g/mol. The van der Waals surface area contributed by atoms with E-state index in [-0.39, 0.29) is 0 Å². The SMILES string of the molecule is CCC1CCCC(NC(C)c2ccc(C)cc2C)CC1. The summed E-state index contributed by atoms with van der Waals surface area (Å²) in [5.74, 6) is 0.971. The van der Waals surface area contributed by atoms with Gasteiger partial charge in [0.05, 0.1) is 0 Å². The topological polar surface area (TPSA) is 12.0 Å². The zero-order chi connectivity index (χ0) is 14.5. The van der Waals surface area contributed by atoms with Gasteiger partial charge in [0.1, 0.15) is 0 Å². The number of rotatable bonds is 4. The average molecular weight is 273 g/mol. The molecule has 1 nitrogen and oxygen atoms in total. The Labute approximate surface area is 125 Å². The van der Waals surface area contributed by atoms with E-state index in [0.717, 1.165) is 5.92 Å². The fraction of sp³-hybridized carbons (Fsp3) is 0.684. The predicted octanol–water partition coefficient (Wildman–Crippen LogP) is 5.31. The molecule has 1 heteroatoms. The van der Waals surface area contributed by atoms with Crippen LogP contribution in [0.25, 0.3) is 0 Å².